The minimum absolute atomic E-state index is 0.184. The number of nitrogens with one attached hydrogen (secondary N) is 2. The molecule has 6 nitrogen and oxygen atoms in total. The van der Waals surface area contributed by atoms with E-state index < -0.39 is 5.91 Å². The normalized spacial score (nSPS) is 10.3. The van der Waals surface area contributed by atoms with Crippen LogP contribution in [-0.4, -0.2) is 25.0 Å². The largest absolute Gasteiger partial charge is 0.492 e. The lowest BCUT2D eigenvalue weighted by Crippen LogP contribution is -2.43. The average Bonchev–Trinajstić information content (AvgIpc) is 2.64. The molecule has 2 aromatic rings. The molecule has 28 heavy (non-hydrogen) atoms. The molecule has 0 heterocycles. The molecular formula is C20H22Cl2N2O4. The molecule has 0 aliphatic carbocycles. The van der Waals surface area contributed by atoms with Gasteiger partial charge in [-0.2, -0.15) is 0 Å². The van der Waals surface area contributed by atoms with Crippen molar-refractivity contribution >= 4 is 35.0 Å². The molecule has 2 rings (SSSR count). The molecule has 2 aromatic carbocycles. The Morgan fingerprint density at radius 3 is 2.32 bits per heavy atom. The highest BCUT2D eigenvalue weighted by Crippen LogP contribution is 2.27. The van der Waals surface area contributed by atoms with Gasteiger partial charge in [-0.3, -0.25) is 20.4 Å². The molecule has 0 spiro atoms. The number of amides is 2. The molecule has 2 amide bonds. The highest BCUT2D eigenvalue weighted by Gasteiger charge is 2.09. The van der Waals surface area contributed by atoms with Crippen LogP contribution in [0.4, 0.5) is 0 Å². The zero-order valence-corrected chi connectivity index (χ0v) is 17.2. The number of carbonyl (C=O) groups is 2. The lowest BCUT2D eigenvalue weighted by atomic mass is 10.1. The van der Waals surface area contributed by atoms with E-state index in [0.717, 1.165) is 11.1 Å². The summed E-state index contributed by atoms with van der Waals surface area (Å²) in [6.45, 7) is 3.92. The molecule has 8 heteroatoms. The number of aryl methyl sites for hydroxylation is 2. The van der Waals surface area contributed by atoms with Gasteiger partial charge in [0.1, 0.15) is 11.5 Å². The fourth-order valence-corrected chi connectivity index (χ4v) is 2.87. The van der Waals surface area contributed by atoms with Crippen molar-refractivity contribution in [3.8, 4) is 11.5 Å². The Hall–Kier alpha value is -2.44. The smallest absolute Gasteiger partial charge is 0.276 e. The van der Waals surface area contributed by atoms with Crippen molar-refractivity contribution in [1.82, 2.24) is 10.9 Å². The van der Waals surface area contributed by atoms with E-state index in [1.807, 2.05) is 32.0 Å². The first kappa shape index (κ1) is 21.9. The number of hydrogen-bond donors (Lipinski definition) is 2. The highest BCUT2D eigenvalue weighted by molar-refractivity contribution is 6.35. The van der Waals surface area contributed by atoms with Crippen LogP contribution >= 0.6 is 23.2 Å². The number of halogens is 2. The van der Waals surface area contributed by atoms with E-state index in [9.17, 15) is 9.59 Å². The van der Waals surface area contributed by atoms with Gasteiger partial charge in [-0.05, 0) is 49.6 Å². The Labute approximate surface area is 174 Å². The summed E-state index contributed by atoms with van der Waals surface area (Å²) in [4.78, 5) is 23.6. The molecule has 0 unspecified atom stereocenters. The van der Waals surface area contributed by atoms with Gasteiger partial charge in [0.2, 0.25) is 5.91 Å². The maximum Gasteiger partial charge on any atom is 0.276 e. The first-order chi connectivity index (χ1) is 13.4. The third kappa shape index (κ3) is 6.94. The minimum atomic E-state index is -0.444. The fraction of sp³-hybridized carbons (Fsp3) is 0.300. The Morgan fingerprint density at radius 2 is 1.64 bits per heavy atom. The summed E-state index contributed by atoms with van der Waals surface area (Å²) in [7, 11) is 0. The number of carbonyl (C=O) groups excluding carboxylic acids is 2. The van der Waals surface area contributed by atoms with Crippen LogP contribution in [0.1, 0.15) is 24.0 Å². The maximum absolute atomic E-state index is 11.8. The molecule has 150 valence electrons. The summed E-state index contributed by atoms with van der Waals surface area (Å²) in [5.74, 6) is 0.400. The van der Waals surface area contributed by atoms with Crippen LogP contribution in [-0.2, 0) is 9.59 Å². The van der Waals surface area contributed by atoms with Crippen LogP contribution < -0.4 is 20.3 Å². The first-order valence-corrected chi connectivity index (χ1v) is 9.47. The van der Waals surface area contributed by atoms with Crippen molar-refractivity contribution in [3.05, 3.63) is 57.6 Å². The van der Waals surface area contributed by atoms with Crippen LogP contribution in [0, 0.1) is 13.8 Å². The molecule has 0 radical (unpaired) electrons. The Balaban J connectivity index is 1.63. The zero-order chi connectivity index (χ0) is 20.5. The quantitative estimate of drug-likeness (QED) is 0.495. The topological polar surface area (TPSA) is 76.7 Å². The van der Waals surface area contributed by atoms with Crippen molar-refractivity contribution in [2.45, 2.75) is 26.7 Å². The van der Waals surface area contributed by atoms with E-state index in [-0.39, 0.29) is 18.9 Å². The number of benzene rings is 2. The predicted octanol–water partition coefficient (Wildman–Crippen LogP) is 4.00. The Bertz CT molecular complexity index is 823. The molecular weight excluding hydrogens is 403 g/mol. The van der Waals surface area contributed by atoms with Crippen LogP contribution in [0.3, 0.4) is 0 Å². The molecule has 0 bridgehead atoms. The van der Waals surface area contributed by atoms with Crippen molar-refractivity contribution in [3.63, 3.8) is 0 Å². The van der Waals surface area contributed by atoms with E-state index in [1.54, 1.807) is 18.2 Å². The molecule has 0 aliphatic heterocycles. The minimum Gasteiger partial charge on any atom is -0.492 e. The summed E-state index contributed by atoms with van der Waals surface area (Å²) in [6, 6.07) is 10.7. The summed E-state index contributed by atoms with van der Waals surface area (Å²) < 4.78 is 11.0. The predicted molar refractivity (Wildman–Crippen MR) is 109 cm³/mol. The third-order valence-corrected chi connectivity index (χ3v) is 4.33. The van der Waals surface area contributed by atoms with E-state index in [2.05, 4.69) is 10.9 Å². The molecule has 2 N–H and O–H groups in total. The van der Waals surface area contributed by atoms with Crippen LogP contribution in [0.2, 0.25) is 10.0 Å². The summed E-state index contributed by atoms with van der Waals surface area (Å²) >= 11 is 11.8. The van der Waals surface area contributed by atoms with Gasteiger partial charge in [0, 0.05) is 11.4 Å². The van der Waals surface area contributed by atoms with Gasteiger partial charge in [0.05, 0.1) is 11.6 Å². The van der Waals surface area contributed by atoms with Gasteiger partial charge in [-0.25, -0.2) is 0 Å². The second-order valence-corrected chi connectivity index (χ2v) is 6.98. The van der Waals surface area contributed by atoms with Gasteiger partial charge in [0.25, 0.3) is 5.91 Å². The molecule has 0 fully saturated rings. The van der Waals surface area contributed by atoms with Crippen LogP contribution in [0.15, 0.2) is 36.4 Å². The van der Waals surface area contributed by atoms with E-state index in [1.165, 1.54) is 0 Å². The number of para-hydroxylation sites is 1. The SMILES string of the molecule is Cc1cccc(C)c1OCC(=O)NNC(=O)CCCOc1ccc(Cl)cc1Cl. The van der Waals surface area contributed by atoms with Gasteiger partial charge in [0.15, 0.2) is 6.61 Å². The van der Waals surface area contributed by atoms with Gasteiger partial charge in [-0.1, -0.05) is 41.4 Å². The summed E-state index contributed by atoms with van der Waals surface area (Å²) in [5.41, 5.74) is 6.56. The van der Waals surface area contributed by atoms with Crippen LogP contribution in [0.5, 0.6) is 11.5 Å². The standard InChI is InChI=1S/C20H22Cl2N2O4/c1-13-5-3-6-14(2)20(13)28-12-19(26)24-23-18(25)7-4-10-27-17-9-8-15(21)11-16(17)22/h3,5-6,8-9,11H,4,7,10,12H2,1-2H3,(H,23,25)(H,24,26). The van der Waals surface area contributed by atoms with Crippen molar-refractivity contribution < 1.29 is 19.1 Å². The lowest BCUT2D eigenvalue weighted by Gasteiger charge is -2.12. The molecule has 0 aliphatic rings. The Kier molecular flexibility index (Phi) is 8.42. The maximum atomic E-state index is 11.8. The monoisotopic (exact) mass is 424 g/mol. The Morgan fingerprint density at radius 1 is 0.964 bits per heavy atom. The van der Waals surface area contributed by atoms with E-state index >= 15 is 0 Å². The number of hydrazine groups is 1. The zero-order valence-electron chi connectivity index (χ0n) is 15.7. The number of hydrogen-bond acceptors (Lipinski definition) is 4. The molecule has 0 saturated heterocycles. The van der Waals surface area contributed by atoms with Crippen molar-refractivity contribution in [1.29, 1.82) is 0 Å². The lowest BCUT2D eigenvalue weighted by molar-refractivity contribution is -0.130. The van der Waals surface area contributed by atoms with E-state index in [4.69, 9.17) is 32.7 Å². The third-order valence-electron chi connectivity index (χ3n) is 3.80. The van der Waals surface area contributed by atoms with Crippen molar-refractivity contribution in [2.24, 2.45) is 0 Å². The molecule has 0 atom stereocenters. The van der Waals surface area contributed by atoms with Crippen molar-refractivity contribution in [2.75, 3.05) is 13.2 Å². The molecule has 0 aromatic heterocycles. The number of ether oxygens (including phenoxy) is 2. The van der Waals surface area contributed by atoms with Gasteiger partial charge in [-0.15, -0.1) is 0 Å². The first-order valence-electron chi connectivity index (χ1n) is 8.71. The second kappa shape index (κ2) is 10.8. The summed E-state index contributed by atoms with van der Waals surface area (Å²) in [5, 5.41) is 0.933. The van der Waals surface area contributed by atoms with Gasteiger partial charge < -0.3 is 9.47 Å². The number of rotatable bonds is 8. The second-order valence-electron chi connectivity index (χ2n) is 6.13. The van der Waals surface area contributed by atoms with E-state index in [0.29, 0.717) is 34.6 Å². The summed E-state index contributed by atoms with van der Waals surface area (Å²) in [6.07, 6.45) is 0.642. The highest BCUT2D eigenvalue weighted by atomic mass is 35.5. The average molecular weight is 425 g/mol. The van der Waals surface area contributed by atoms with Gasteiger partial charge >= 0.3 is 0 Å². The molecule has 0 saturated carbocycles. The van der Waals surface area contributed by atoms with Crippen LogP contribution in [0.25, 0.3) is 0 Å². The fourth-order valence-electron chi connectivity index (χ4n) is 2.41.